The molecule has 0 bridgehead atoms. The van der Waals surface area contributed by atoms with Gasteiger partial charge in [-0.3, -0.25) is 9.69 Å². The fourth-order valence-corrected chi connectivity index (χ4v) is 4.07. The van der Waals surface area contributed by atoms with E-state index >= 15 is 0 Å². The summed E-state index contributed by atoms with van der Waals surface area (Å²) in [5, 5.41) is 0.489. The van der Waals surface area contributed by atoms with Crippen LogP contribution in [-0.4, -0.2) is 41.2 Å². The molecule has 1 aliphatic heterocycles. The number of rotatable bonds is 7. The van der Waals surface area contributed by atoms with Crippen molar-refractivity contribution in [2.24, 2.45) is 0 Å². The van der Waals surface area contributed by atoms with Gasteiger partial charge in [0.1, 0.15) is 5.75 Å². The fourth-order valence-electron chi connectivity index (χ4n) is 3.02. The smallest absolute Gasteiger partial charge is 0.406 e. The lowest BCUT2D eigenvalue weighted by atomic mass is 10.2. The van der Waals surface area contributed by atoms with Gasteiger partial charge in [-0.2, -0.15) is 0 Å². The van der Waals surface area contributed by atoms with Crippen LogP contribution in [0.3, 0.4) is 0 Å². The van der Waals surface area contributed by atoms with Crippen molar-refractivity contribution >= 4 is 28.3 Å². The molecule has 2 heterocycles. The molecule has 0 N–H and O–H groups in total. The normalized spacial score (nSPS) is 14.6. The lowest BCUT2D eigenvalue weighted by Gasteiger charge is -2.17. The van der Waals surface area contributed by atoms with Crippen LogP contribution in [0.1, 0.15) is 40.7 Å². The topological polar surface area (TPSA) is 62.7 Å². The minimum absolute atomic E-state index is 0.0263. The van der Waals surface area contributed by atoms with Gasteiger partial charge in [-0.15, -0.1) is 13.2 Å². The molecule has 3 rings (SSSR count). The Hall–Kier alpha value is -2.62. The number of aromatic nitrogens is 1. The summed E-state index contributed by atoms with van der Waals surface area (Å²) in [5.74, 6) is -0.281. The van der Waals surface area contributed by atoms with Crippen LogP contribution in [0.5, 0.6) is 5.75 Å². The number of amides is 2. The third kappa shape index (κ3) is 5.06. The van der Waals surface area contributed by atoms with Crippen molar-refractivity contribution in [3.05, 3.63) is 40.4 Å². The first-order valence-corrected chi connectivity index (χ1v) is 9.91. The highest BCUT2D eigenvalue weighted by Crippen LogP contribution is 2.30. The molecule has 0 unspecified atom stereocenters. The molecule has 1 aromatic heterocycles. The van der Waals surface area contributed by atoms with Crippen molar-refractivity contribution in [3.63, 3.8) is 0 Å². The van der Waals surface area contributed by atoms with E-state index in [1.54, 1.807) is 11.8 Å². The highest BCUT2D eigenvalue weighted by molar-refractivity contribution is 7.17. The number of hydrogen-bond donors (Lipinski definition) is 0. The zero-order chi connectivity index (χ0) is 21.2. The van der Waals surface area contributed by atoms with E-state index in [4.69, 9.17) is 0 Å². The molecule has 2 amide bonds. The van der Waals surface area contributed by atoms with Gasteiger partial charge in [0.05, 0.1) is 10.6 Å². The monoisotopic (exact) mass is 427 g/mol. The predicted molar refractivity (Wildman–Crippen MR) is 102 cm³/mol. The number of benzene rings is 1. The summed E-state index contributed by atoms with van der Waals surface area (Å²) in [6.07, 6.45) is -3.55. The third-order valence-corrected chi connectivity index (χ3v) is 5.59. The molecule has 1 fully saturated rings. The number of ketones is 1. The first-order chi connectivity index (χ1) is 13.7. The standard InChI is InChI=1S/C19H20F3N3O3S/c1-3-4-15(26)16-12(2)23-17(29-16)25-10-9-24(18(25)27)11-13-5-7-14(8-6-13)28-19(20,21)22/h5-8H,3-4,9-11H2,1-2H3. The molecule has 29 heavy (non-hydrogen) atoms. The van der Waals surface area contributed by atoms with Gasteiger partial charge in [-0.25, -0.2) is 9.78 Å². The Kier molecular flexibility index (Phi) is 6.11. The zero-order valence-electron chi connectivity index (χ0n) is 16.0. The minimum Gasteiger partial charge on any atom is -0.406 e. The number of ether oxygens (including phenoxy) is 1. The number of anilines is 1. The van der Waals surface area contributed by atoms with Crippen LogP contribution in [0.2, 0.25) is 0 Å². The van der Waals surface area contributed by atoms with Gasteiger partial charge in [0.15, 0.2) is 10.9 Å². The molecule has 0 atom stereocenters. The number of aryl methyl sites for hydroxylation is 1. The Morgan fingerprint density at radius 2 is 1.93 bits per heavy atom. The first kappa shape index (κ1) is 21.1. The molecule has 1 aliphatic rings. The quantitative estimate of drug-likeness (QED) is 0.597. The summed E-state index contributed by atoms with van der Waals surface area (Å²) in [5.41, 5.74) is 1.30. The molecule has 6 nitrogen and oxygen atoms in total. The van der Waals surface area contributed by atoms with Gasteiger partial charge < -0.3 is 9.64 Å². The zero-order valence-corrected chi connectivity index (χ0v) is 16.8. The summed E-state index contributed by atoms with van der Waals surface area (Å²) in [4.78, 5) is 33.0. The maximum atomic E-state index is 12.7. The lowest BCUT2D eigenvalue weighted by molar-refractivity contribution is -0.274. The van der Waals surface area contributed by atoms with Crippen molar-refractivity contribution in [1.82, 2.24) is 9.88 Å². The number of thiazole rings is 1. The van der Waals surface area contributed by atoms with E-state index < -0.39 is 6.36 Å². The minimum atomic E-state index is -4.74. The molecule has 10 heteroatoms. The predicted octanol–water partition coefficient (Wildman–Crippen LogP) is 4.78. The number of nitrogens with zero attached hydrogens (tertiary/aromatic N) is 3. The van der Waals surface area contributed by atoms with E-state index in [2.05, 4.69) is 9.72 Å². The van der Waals surface area contributed by atoms with Gasteiger partial charge >= 0.3 is 12.4 Å². The molecule has 0 radical (unpaired) electrons. The van der Waals surface area contributed by atoms with Crippen LogP contribution >= 0.6 is 11.3 Å². The van der Waals surface area contributed by atoms with Crippen LogP contribution in [0, 0.1) is 6.92 Å². The van der Waals surface area contributed by atoms with Crippen LogP contribution < -0.4 is 9.64 Å². The fraction of sp³-hybridized carbons (Fsp3) is 0.421. The molecule has 1 saturated heterocycles. The second-order valence-corrected chi connectivity index (χ2v) is 7.61. The lowest BCUT2D eigenvalue weighted by Crippen LogP contribution is -2.31. The number of Topliss-reactive ketones (excluding diaryl/α,β-unsaturated/α-hetero) is 1. The molecular formula is C19H20F3N3O3S. The molecule has 0 saturated carbocycles. The Bertz CT molecular complexity index is 896. The summed E-state index contributed by atoms with van der Waals surface area (Å²) in [7, 11) is 0. The molecule has 1 aromatic carbocycles. The Morgan fingerprint density at radius 1 is 1.24 bits per heavy atom. The van der Waals surface area contributed by atoms with E-state index in [1.165, 1.54) is 40.5 Å². The summed E-state index contributed by atoms with van der Waals surface area (Å²) >= 11 is 1.22. The maximum Gasteiger partial charge on any atom is 0.573 e. The van der Waals surface area contributed by atoms with E-state index in [1.807, 2.05) is 6.92 Å². The van der Waals surface area contributed by atoms with Crippen molar-refractivity contribution in [2.45, 2.75) is 39.6 Å². The SMILES string of the molecule is CCCC(=O)c1sc(N2CCN(Cc3ccc(OC(F)(F)F)cc3)C2=O)nc1C. The van der Waals surface area contributed by atoms with Gasteiger partial charge in [-0.1, -0.05) is 30.4 Å². The van der Waals surface area contributed by atoms with Crippen molar-refractivity contribution in [3.8, 4) is 5.75 Å². The van der Waals surface area contributed by atoms with Crippen LogP contribution in [0.25, 0.3) is 0 Å². The molecular weight excluding hydrogens is 407 g/mol. The highest BCUT2D eigenvalue weighted by Gasteiger charge is 2.33. The van der Waals surface area contributed by atoms with Gasteiger partial charge in [-0.05, 0) is 31.0 Å². The van der Waals surface area contributed by atoms with Crippen LogP contribution in [-0.2, 0) is 6.54 Å². The number of hydrogen-bond acceptors (Lipinski definition) is 5. The first-order valence-electron chi connectivity index (χ1n) is 9.09. The summed E-state index contributed by atoms with van der Waals surface area (Å²) < 4.78 is 40.6. The van der Waals surface area contributed by atoms with E-state index in [0.29, 0.717) is 40.8 Å². The van der Waals surface area contributed by atoms with E-state index in [9.17, 15) is 22.8 Å². The second-order valence-electron chi connectivity index (χ2n) is 6.63. The van der Waals surface area contributed by atoms with Gasteiger partial charge in [0.25, 0.3) is 0 Å². The average Bonchev–Trinajstić information content (AvgIpc) is 3.19. The summed E-state index contributed by atoms with van der Waals surface area (Å²) in [6, 6.07) is 5.18. The molecule has 0 aliphatic carbocycles. The van der Waals surface area contributed by atoms with E-state index in [0.717, 1.165) is 6.42 Å². The van der Waals surface area contributed by atoms with E-state index in [-0.39, 0.29) is 24.1 Å². The van der Waals surface area contributed by atoms with Crippen LogP contribution in [0.15, 0.2) is 24.3 Å². The number of carbonyl (C=O) groups excluding carboxylic acids is 2. The highest BCUT2D eigenvalue weighted by atomic mass is 32.1. The van der Waals surface area contributed by atoms with Gasteiger partial charge in [0.2, 0.25) is 0 Å². The summed E-state index contributed by atoms with van der Waals surface area (Å²) in [6.45, 7) is 4.83. The largest absolute Gasteiger partial charge is 0.573 e. The number of urea groups is 1. The maximum absolute atomic E-state index is 12.7. The Labute approximate surface area is 169 Å². The number of alkyl halides is 3. The Morgan fingerprint density at radius 3 is 2.55 bits per heavy atom. The third-order valence-electron chi connectivity index (χ3n) is 4.37. The molecule has 156 valence electrons. The average molecular weight is 427 g/mol. The Balaban J connectivity index is 1.66. The van der Waals surface area contributed by atoms with Crippen molar-refractivity contribution in [1.29, 1.82) is 0 Å². The number of halogens is 3. The van der Waals surface area contributed by atoms with Crippen molar-refractivity contribution in [2.75, 3.05) is 18.0 Å². The molecule has 2 aromatic rings. The molecule has 0 spiro atoms. The van der Waals surface area contributed by atoms with Crippen LogP contribution in [0.4, 0.5) is 23.1 Å². The van der Waals surface area contributed by atoms with Gasteiger partial charge in [0, 0.05) is 26.1 Å². The van der Waals surface area contributed by atoms with Crippen molar-refractivity contribution < 1.29 is 27.5 Å². The number of carbonyl (C=O) groups is 2. The second kappa shape index (κ2) is 8.40.